The first-order valence-corrected chi connectivity index (χ1v) is 11.9. The predicted molar refractivity (Wildman–Crippen MR) is 138 cm³/mol. The molecule has 184 valence electrons. The molecule has 0 aliphatic carbocycles. The van der Waals surface area contributed by atoms with Crippen molar-refractivity contribution in [1.29, 1.82) is 0 Å². The number of methoxy groups -OCH3 is 2. The summed E-state index contributed by atoms with van der Waals surface area (Å²) in [4.78, 5) is 24.5. The van der Waals surface area contributed by atoms with Crippen molar-refractivity contribution in [3.8, 4) is 28.6 Å². The summed E-state index contributed by atoms with van der Waals surface area (Å²) in [6, 6.07) is 17.2. The lowest BCUT2D eigenvalue weighted by Gasteiger charge is -2.32. The molecular formula is C27H28N6O3. The molecule has 0 unspecified atom stereocenters. The van der Waals surface area contributed by atoms with Gasteiger partial charge in [0.25, 0.3) is 0 Å². The first kappa shape index (κ1) is 23.3. The van der Waals surface area contributed by atoms with Gasteiger partial charge in [0.15, 0.2) is 5.82 Å². The van der Waals surface area contributed by atoms with Crippen LogP contribution >= 0.6 is 0 Å². The molecule has 5 rings (SSSR count). The maximum atomic E-state index is 12.9. The Morgan fingerprint density at radius 2 is 1.75 bits per heavy atom. The van der Waals surface area contributed by atoms with Crippen molar-refractivity contribution in [2.24, 2.45) is 5.92 Å². The van der Waals surface area contributed by atoms with Gasteiger partial charge in [-0.05, 0) is 37.1 Å². The molecule has 0 spiro atoms. The fraction of sp³-hybridized carbons (Fsp3) is 0.259. The largest absolute Gasteiger partial charge is 0.497 e. The van der Waals surface area contributed by atoms with Crippen LogP contribution in [0.1, 0.15) is 12.8 Å². The number of carbonyl (C=O) groups is 1. The van der Waals surface area contributed by atoms with Gasteiger partial charge in [-0.25, -0.2) is 14.6 Å². The van der Waals surface area contributed by atoms with Gasteiger partial charge < -0.3 is 19.7 Å². The van der Waals surface area contributed by atoms with E-state index in [0.717, 1.165) is 43.0 Å². The number of rotatable bonds is 7. The van der Waals surface area contributed by atoms with Crippen LogP contribution in [0.25, 0.3) is 17.1 Å². The normalized spacial score (nSPS) is 13.9. The smallest absolute Gasteiger partial charge is 0.227 e. The average Bonchev–Trinajstić information content (AvgIpc) is 3.48. The van der Waals surface area contributed by atoms with Crippen LogP contribution in [-0.2, 0) is 4.79 Å². The summed E-state index contributed by atoms with van der Waals surface area (Å²) in [5, 5.41) is 7.31. The van der Waals surface area contributed by atoms with Gasteiger partial charge in [-0.3, -0.25) is 4.79 Å². The summed E-state index contributed by atoms with van der Waals surface area (Å²) in [5.41, 5.74) is 2.54. The van der Waals surface area contributed by atoms with Gasteiger partial charge in [-0.1, -0.05) is 12.1 Å². The number of nitrogens with one attached hydrogen (secondary N) is 1. The van der Waals surface area contributed by atoms with Crippen molar-refractivity contribution >= 4 is 17.4 Å². The Hall–Kier alpha value is -4.40. The van der Waals surface area contributed by atoms with E-state index in [-0.39, 0.29) is 11.8 Å². The number of ether oxygens (including phenoxy) is 2. The Balaban J connectivity index is 1.24. The van der Waals surface area contributed by atoms with Gasteiger partial charge in [0.2, 0.25) is 5.91 Å². The zero-order valence-corrected chi connectivity index (χ0v) is 20.3. The monoisotopic (exact) mass is 484 g/mol. The van der Waals surface area contributed by atoms with E-state index in [0.29, 0.717) is 23.0 Å². The molecule has 1 N–H and O–H groups in total. The first-order valence-electron chi connectivity index (χ1n) is 11.9. The maximum absolute atomic E-state index is 12.9. The van der Waals surface area contributed by atoms with Crippen molar-refractivity contribution in [3.63, 3.8) is 0 Å². The van der Waals surface area contributed by atoms with E-state index in [1.807, 2.05) is 47.3 Å². The molecule has 9 nitrogen and oxygen atoms in total. The lowest BCUT2D eigenvalue weighted by Crippen LogP contribution is -2.38. The van der Waals surface area contributed by atoms with Crippen LogP contribution in [0, 0.1) is 5.92 Å². The Morgan fingerprint density at radius 1 is 0.972 bits per heavy atom. The highest BCUT2D eigenvalue weighted by Crippen LogP contribution is 2.28. The third-order valence-corrected chi connectivity index (χ3v) is 6.32. The summed E-state index contributed by atoms with van der Waals surface area (Å²) in [6.07, 6.45) is 6.91. The summed E-state index contributed by atoms with van der Waals surface area (Å²) in [6.45, 7) is 1.48. The zero-order chi connectivity index (χ0) is 24.9. The Morgan fingerprint density at radius 3 is 2.44 bits per heavy atom. The van der Waals surface area contributed by atoms with Crippen molar-refractivity contribution in [1.82, 2.24) is 19.7 Å². The average molecular weight is 485 g/mol. The number of nitrogens with zero attached hydrogens (tertiary/aromatic N) is 5. The summed E-state index contributed by atoms with van der Waals surface area (Å²) >= 11 is 0. The standard InChI is InChI=1S/C27H28N6O3/c1-35-23-16-21(17-24(18-23)36-2)30-27(34)19-8-13-32(14-9-19)25-7-11-28-26(31-25)20-5-3-6-22(15-20)33-12-4-10-29-33/h3-7,10-12,15-19H,8-9,13-14H2,1-2H3,(H,30,34). The van der Waals surface area contributed by atoms with E-state index in [1.54, 1.807) is 44.8 Å². The molecule has 1 amide bonds. The van der Waals surface area contributed by atoms with E-state index in [9.17, 15) is 4.79 Å². The van der Waals surface area contributed by atoms with Crippen LogP contribution in [0.4, 0.5) is 11.5 Å². The van der Waals surface area contributed by atoms with E-state index < -0.39 is 0 Å². The topological polar surface area (TPSA) is 94.4 Å². The predicted octanol–water partition coefficient (Wildman–Crippen LogP) is 4.20. The number of amides is 1. The number of hydrogen-bond acceptors (Lipinski definition) is 7. The maximum Gasteiger partial charge on any atom is 0.227 e. The molecule has 2 aromatic carbocycles. The molecule has 1 aliphatic heterocycles. The molecule has 1 saturated heterocycles. The van der Waals surface area contributed by atoms with E-state index in [1.165, 1.54) is 0 Å². The molecule has 0 saturated carbocycles. The second-order valence-corrected chi connectivity index (χ2v) is 8.59. The van der Waals surface area contributed by atoms with Crippen LogP contribution in [-0.4, -0.2) is 53.0 Å². The Labute approximate surface area is 209 Å². The minimum Gasteiger partial charge on any atom is -0.497 e. The number of carbonyl (C=O) groups excluding carboxylic acids is 1. The van der Waals surface area contributed by atoms with Gasteiger partial charge in [0.1, 0.15) is 17.3 Å². The second kappa shape index (κ2) is 10.5. The van der Waals surface area contributed by atoms with Crippen molar-refractivity contribution in [2.75, 3.05) is 37.5 Å². The van der Waals surface area contributed by atoms with Crippen molar-refractivity contribution in [3.05, 3.63) is 73.2 Å². The Kier molecular flexibility index (Phi) is 6.79. The van der Waals surface area contributed by atoms with Gasteiger partial charge >= 0.3 is 0 Å². The van der Waals surface area contributed by atoms with Crippen molar-refractivity contribution < 1.29 is 14.3 Å². The fourth-order valence-corrected chi connectivity index (χ4v) is 4.37. The highest BCUT2D eigenvalue weighted by molar-refractivity contribution is 5.93. The number of piperidine rings is 1. The summed E-state index contributed by atoms with van der Waals surface area (Å²) in [5.74, 6) is 2.71. The van der Waals surface area contributed by atoms with Crippen LogP contribution in [0.15, 0.2) is 73.2 Å². The molecule has 1 aliphatic rings. The molecule has 2 aromatic heterocycles. The molecular weight excluding hydrogens is 456 g/mol. The van der Waals surface area contributed by atoms with Gasteiger partial charge in [-0.2, -0.15) is 5.10 Å². The lowest BCUT2D eigenvalue weighted by molar-refractivity contribution is -0.120. The van der Waals surface area contributed by atoms with Crippen LogP contribution in [0.5, 0.6) is 11.5 Å². The third-order valence-electron chi connectivity index (χ3n) is 6.32. The highest BCUT2D eigenvalue weighted by Gasteiger charge is 2.26. The Bertz CT molecular complexity index is 1310. The number of benzene rings is 2. The lowest BCUT2D eigenvalue weighted by atomic mass is 9.95. The number of hydrogen-bond donors (Lipinski definition) is 1. The molecule has 1 fully saturated rings. The molecule has 0 radical (unpaired) electrons. The SMILES string of the molecule is COc1cc(NC(=O)C2CCN(c3ccnc(-c4cccc(-n5cccn5)c4)n3)CC2)cc(OC)c1. The summed E-state index contributed by atoms with van der Waals surface area (Å²) < 4.78 is 12.4. The van der Waals surface area contributed by atoms with Crippen LogP contribution in [0.3, 0.4) is 0 Å². The van der Waals surface area contributed by atoms with Gasteiger partial charge in [0, 0.05) is 67.0 Å². The molecule has 4 aromatic rings. The van der Waals surface area contributed by atoms with E-state index in [4.69, 9.17) is 14.5 Å². The molecule has 0 bridgehead atoms. The number of anilines is 2. The molecule has 3 heterocycles. The van der Waals surface area contributed by atoms with Gasteiger partial charge in [0.05, 0.1) is 19.9 Å². The van der Waals surface area contributed by atoms with E-state index >= 15 is 0 Å². The third kappa shape index (κ3) is 5.14. The first-order chi connectivity index (χ1) is 17.6. The highest BCUT2D eigenvalue weighted by atomic mass is 16.5. The summed E-state index contributed by atoms with van der Waals surface area (Å²) in [7, 11) is 3.18. The molecule has 36 heavy (non-hydrogen) atoms. The van der Waals surface area contributed by atoms with E-state index in [2.05, 4.69) is 20.3 Å². The molecule has 0 atom stereocenters. The minimum absolute atomic E-state index is 0.00349. The van der Waals surface area contributed by atoms with Crippen LogP contribution < -0.4 is 19.7 Å². The van der Waals surface area contributed by atoms with Crippen molar-refractivity contribution in [2.45, 2.75) is 12.8 Å². The number of aromatic nitrogens is 4. The second-order valence-electron chi connectivity index (χ2n) is 8.59. The fourth-order valence-electron chi connectivity index (χ4n) is 4.37. The van der Waals surface area contributed by atoms with Crippen LogP contribution in [0.2, 0.25) is 0 Å². The minimum atomic E-state index is -0.0782. The molecule has 9 heteroatoms. The zero-order valence-electron chi connectivity index (χ0n) is 20.3. The van der Waals surface area contributed by atoms with Gasteiger partial charge in [-0.15, -0.1) is 0 Å². The quantitative estimate of drug-likeness (QED) is 0.420.